The minimum atomic E-state index is -0.107. The summed E-state index contributed by atoms with van der Waals surface area (Å²) in [6, 6.07) is 0. The van der Waals surface area contributed by atoms with Gasteiger partial charge in [0, 0.05) is 49.8 Å². The zero-order valence-corrected chi connectivity index (χ0v) is 14.1. The number of carbonyl (C=O) groups excluding carboxylic acids is 3. The zero-order chi connectivity index (χ0) is 16.7. The Kier molecular flexibility index (Phi) is 3.85. The number of nitrogens with one attached hydrogen (secondary N) is 1. The number of amides is 3. The van der Waals surface area contributed by atoms with E-state index in [-0.39, 0.29) is 29.6 Å². The fourth-order valence-electron chi connectivity index (χ4n) is 4.38. The van der Waals surface area contributed by atoms with Gasteiger partial charge in [-0.15, -0.1) is 0 Å². The van der Waals surface area contributed by atoms with Gasteiger partial charge in [0.1, 0.15) is 0 Å². The van der Waals surface area contributed by atoms with Gasteiger partial charge in [-0.2, -0.15) is 0 Å². The van der Waals surface area contributed by atoms with E-state index in [4.69, 9.17) is 0 Å². The number of hydrogen-bond donors (Lipinski definition) is 1. The first-order chi connectivity index (χ1) is 11.5. The van der Waals surface area contributed by atoms with Crippen LogP contribution in [-0.4, -0.2) is 53.7 Å². The molecule has 1 spiro atoms. The molecule has 3 amide bonds. The lowest BCUT2D eigenvalue weighted by Crippen LogP contribution is -2.55. The number of nitrogens with zero attached hydrogens (tertiary/aromatic N) is 2. The van der Waals surface area contributed by atoms with Crippen LogP contribution in [0.4, 0.5) is 0 Å². The van der Waals surface area contributed by atoms with Crippen molar-refractivity contribution in [3.8, 4) is 0 Å². The Balaban J connectivity index is 1.44. The van der Waals surface area contributed by atoms with Gasteiger partial charge in [-0.05, 0) is 38.0 Å². The quantitative estimate of drug-likeness (QED) is 0.840. The number of hydrogen-bond acceptors (Lipinski definition) is 3. The summed E-state index contributed by atoms with van der Waals surface area (Å²) < 4.78 is 0. The van der Waals surface area contributed by atoms with Gasteiger partial charge in [0.25, 0.3) is 5.91 Å². The maximum atomic E-state index is 12.7. The fraction of sp³-hybridized carbons (Fsp3) is 0.722. The maximum absolute atomic E-state index is 12.7. The molecule has 0 aromatic carbocycles. The first-order valence-corrected chi connectivity index (χ1v) is 9.10. The summed E-state index contributed by atoms with van der Waals surface area (Å²) in [6.45, 7) is 3.16. The zero-order valence-electron chi connectivity index (χ0n) is 14.1. The van der Waals surface area contributed by atoms with Gasteiger partial charge >= 0.3 is 0 Å². The Bertz CT molecular complexity index is 611. The molecule has 6 nitrogen and oxygen atoms in total. The Morgan fingerprint density at radius 3 is 2.79 bits per heavy atom. The van der Waals surface area contributed by atoms with Crippen molar-refractivity contribution in [1.29, 1.82) is 0 Å². The third kappa shape index (κ3) is 3.06. The first kappa shape index (κ1) is 15.7. The van der Waals surface area contributed by atoms with Gasteiger partial charge in [-0.25, -0.2) is 0 Å². The van der Waals surface area contributed by atoms with E-state index in [9.17, 15) is 14.4 Å². The molecule has 0 aromatic rings. The minimum absolute atomic E-state index is 0.0157. The van der Waals surface area contributed by atoms with Gasteiger partial charge in [0.2, 0.25) is 11.8 Å². The van der Waals surface area contributed by atoms with Crippen molar-refractivity contribution in [2.75, 3.05) is 26.2 Å². The molecule has 1 aliphatic carbocycles. The Morgan fingerprint density at radius 2 is 2.08 bits per heavy atom. The van der Waals surface area contributed by atoms with E-state index in [0.717, 1.165) is 38.9 Å². The van der Waals surface area contributed by atoms with Gasteiger partial charge < -0.3 is 15.1 Å². The van der Waals surface area contributed by atoms with Crippen LogP contribution in [0.25, 0.3) is 0 Å². The number of likely N-dealkylation sites (tertiary alicyclic amines) is 2. The van der Waals surface area contributed by atoms with Crippen molar-refractivity contribution < 1.29 is 14.4 Å². The molecule has 24 heavy (non-hydrogen) atoms. The van der Waals surface area contributed by atoms with Crippen LogP contribution in [0.2, 0.25) is 0 Å². The smallest absolute Gasteiger partial charge is 0.251 e. The van der Waals surface area contributed by atoms with Crippen LogP contribution in [0.1, 0.15) is 44.9 Å². The van der Waals surface area contributed by atoms with Crippen molar-refractivity contribution in [3.63, 3.8) is 0 Å². The molecule has 0 aromatic heterocycles. The summed E-state index contributed by atoms with van der Waals surface area (Å²) in [4.78, 5) is 40.2. The topological polar surface area (TPSA) is 69.7 Å². The van der Waals surface area contributed by atoms with E-state index in [1.54, 1.807) is 6.20 Å². The second-order valence-electron chi connectivity index (χ2n) is 7.96. The van der Waals surface area contributed by atoms with E-state index in [2.05, 4.69) is 10.2 Å². The van der Waals surface area contributed by atoms with E-state index in [0.29, 0.717) is 24.5 Å². The largest absolute Gasteiger partial charge is 0.342 e. The maximum Gasteiger partial charge on any atom is 0.251 e. The summed E-state index contributed by atoms with van der Waals surface area (Å²) in [5, 5.41) is 2.60. The number of rotatable bonds is 3. The Morgan fingerprint density at radius 1 is 1.25 bits per heavy atom. The Hall–Kier alpha value is -1.85. The van der Waals surface area contributed by atoms with E-state index < -0.39 is 0 Å². The van der Waals surface area contributed by atoms with E-state index in [1.165, 1.54) is 12.8 Å². The highest BCUT2D eigenvalue weighted by atomic mass is 16.2. The summed E-state index contributed by atoms with van der Waals surface area (Å²) in [7, 11) is 0. The van der Waals surface area contributed by atoms with E-state index >= 15 is 0 Å². The third-order valence-electron chi connectivity index (χ3n) is 5.91. The second kappa shape index (κ2) is 5.90. The molecule has 0 radical (unpaired) electrons. The first-order valence-electron chi connectivity index (χ1n) is 9.10. The average Bonchev–Trinajstić information content (AvgIpc) is 3.29. The van der Waals surface area contributed by atoms with Gasteiger partial charge in [-0.3, -0.25) is 14.4 Å². The van der Waals surface area contributed by atoms with Crippen molar-refractivity contribution >= 4 is 17.7 Å². The molecule has 3 aliphatic heterocycles. The second-order valence-corrected chi connectivity index (χ2v) is 7.96. The molecule has 2 saturated heterocycles. The normalized spacial score (nSPS) is 30.6. The lowest BCUT2D eigenvalue weighted by molar-refractivity contribution is -0.142. The number of piperidine rings is 2. The molecule has 6 heteroatoms. The van der Waals surface area contributed by atoms with Crippen molar-refractivity contribution in [2.45, 2.75) is 44.9 Å². The monoisotopic (exact) mass is 331 g/mol. The highest BCUT2D eigenvalue weighted by Gasteiger charge is 2.44. The molecule has 4 rings (SSSR count). The fourth-order valence-corrected chi connectivity index (χ4v) is 4.38. The SMILES string of the molecule is O=C1CC(C(=O)N2CCCC3(CCC(=O)N(CC4CC4)C3)C2)=CN1. The molecule has 130 valence electrons. The van der Waals surface area contributed by atoms with Crippen LogP contribution in [0, 0.1) is 11.3 Å². The van der Waals surface area contributed by atoms with Gasteiger partial charge in [0.05, 0.1) is 6.42 Å². The highest BCUT2D eigenvalue weighted by molar-refractivity contribution is 6.01. The summed E-state index contributed by atoms with van der Waals surface area (Å²) in [5.74, 6) is 0.859. The third-order valence-corrected chi connectivity index (χ3v) is 5.91. The van der Waals surface area contributed by atoms with Gasteiger partial charge in [-0.1, -0.05) is 0 Å². The van der Waals surface area contributed by atoms with Crippen molar-refractivity contribution in [2.24, 2.45) is 11.3 Å². The van der Waals surface area contributed by atoms with Gasteiger partial charge in [0.15, 0.2) is 0 Å². The van der Waals surface area contributed by atoms with E-state index in [1.807, 2.05) is 4.90 Å². The van der Waals surface area contributed by atoms with Crippen LogP contribution in [0.5, 0.6) is 0 Å². The van der Waals surface area contributed by atoms with Crippen LogP contribution in [0.15, 0.2) is 11.8 Å². The minimum Gasteiger partial charge on any atom is -0.342 e. The molecular formula is C18H25N3O3. The molecule has 1 unspecified atom stereocenters. The molecular weight excluding hydrogens is 306 g/mol. The molecule has 4 aliphatic rings. The summed E-state index contributed by atoms with van der Waals surface area (Å²) in [5.41, 5.74) is 0.617. The van der Waals surface area contributed by atoms with Crippen LogP contribution >= 0.6 is 0 Å². The Labute approximate surface area is 142 Å². The standard InChI is InChI=1S/C18H25N3O3/c22-15-8-14(9-19-15)17(24)20-7-1-5-18(11-20)6-4-16(23)21(12-18)10-13-2-3-13/h9,13H,1-8,10-12H2,(H,19,22). The number of carbonyl (C=O) groups is 3. The predicted molar refractivity (Wildman–Crippen MR) is 87.6 cm³/mol. The predicted octanol–water partition coefficient (Wildman–Crippen LogP) is 1.03. The van der Waals surface area contributed by atoms with Crippen LogP contribution in [0.3, 0.4) is 0 Å². The van der Waals surface area contributed by atoms with Crippen molar-refractivity contribution in [1.82, 2.24) is 15.1 Å². The molecule has 3 heterocycles. The highest BCUT2D eigenvalue weighted by Crippen LogP contribution is 2.41. The molecule has 1 N–H and O–H groups in total. The van der Waals surface area contributed by atoms with Crippen LogP contribution in [-0.2, 0) is 14.4 Å². The summed E-state index contributed by atoms with van der Waals surface area (Å²) in [6.07, 6.45) is 7.79. The molecule has 3 fully saturated rings. The molecule has 1 atom stereocenters. The molecule has 1 saturated carbocycles. The van der Waals surface area contributed by atoms with Crippen LogP contribution < -0.4 is 5.32 Å². The molecule has 0 bridgehead atoms. The lowest BCUT2D eigenvalue weighted by Gasteiger charge is -2.48. The van der Waals surface area contributed by atoms with Crippen molar-refractivity contribution in [3.05, 3.63) is 11.8 Å². The average molecular weight is 331 g/mol. The lowest BCUT2D eigenvalue weighted by atomic mass is 9.73. The summed E-state index contributed by atoms with van der Waals surface area (Å²) >= 11 is 0.